The van der Waals surface area contributed by atoms with E-state index in [1.165, 1.54) is 10.4 Å². The number of carbonyl (C=O) groups excluding carboxylic acids is 1. The van der Waals surface area contributed by atoms with Gasteiger partial charge in [-0.2, -0.15) is 4.31 Å². The first kappa shape index (κ1) is 20.1. The molecule has 0 unspecified atom stereocenters. The third-order valence-corrected chi connectivity index (χ3v) is 6.60. The Morgan fingerprint density at radius 1 is 0.962 bits per heavy atom. The monoisotopic (exact) mass is 374 g/mol. The van der Waals surface area contributed by atoms with Crippen molar-refractivity contribution in [2.24, 2.45) is 0 Å². The average molecular weight is 375 g/mol. The van der Waals surface area contributed by atoms with E-state index in [0.29, 0.717) is 29.9 Å². The van der Waals surface area contributed by atoms with Crippen molar-refractivity contribution < 1.29 is 13.2 Å². The highest BCUT2D eigenvalue weighted by Gasteiger charge is 2.24. The van der Waals surface area contributed by atoms with Crippen molar-refractivity contribution in [2.45, 2.75) is 39.5 Å². The van der Waals surface area contributed by atoms with Gasteiger partial charge in [0.2, 0.25) is 10.0 Å². The highest BCUT2D eigenvalue weighted by atomic mass is 32.2. The average Bonchev–Trinajstić information content (AvgIpc) is 2.59. The Morgan fingerprint density at radius 2 is 1.58 bits per heavy atom. The van der Waals surface area contributed by atoms with Crippen LogP contribution in [0.2, 0.25) is 0 Å². The zero-order chi connectivity index (χ0) is 19.5. The molecule has 0 aliphatic carbocycles. The molecule has 0 aliphatic rings. The lowest BCUT2D eigenvalue weighted by Gasteiger charge is -2.20. The maximum absolute atomic E-state index is 12.8. The lowest BCUT2D eigenvalue weighted by atomic mass is 10.0. The van der Waals surface area contributed by atoms with Crippen LogP contribution in [0, 0.1) is 20.8 Å². The zero-order valence-electron chi connectivity index (χ0n) is 16.0. The Morgan fingerprint density at radius 3 is 2.19 bits per heavy atom. The topological polar surface area (TPSA) is 66.5 Å². The molecule has 1 amide bonds. The van der Waals surface area contributed by atoms with Crippen LogP contribution in [-0.4, -0.2) is 31.7 Å². The number of hydrogen-bond acceptors (Lipinski definition) is 3. The van der Waals surface area contributed by atoms with Gasteiger partial charge in [0, 0.05) is 24.3 Å². The molecule has 0 heterocycles. The molecule has 1 N–H and O–H groups in total. The first-order chi connectivity index (χ1) is 12.2. The Hall–Kier alpha value is -2.18. The highest BCUT2D eigenvalue weighted by Crippen LogP contribution is 2.24. The summed E-state index contributed by atoms with van der Waals surface area (Å²) in [4.78, 5) is 12.8. The van der Waals surface area contributed by atoms with E-state index in [0.717, 1.165) is 11.1 Å². The summed E-state index contributed by atoms with van der Waals surface area (Å²) >= 11 is 0. The maximum atomic E-state index is 12.8. The summed E-state index contributed by atoms with van der Waals surface area (Å²) in [6.45, 7) is 9.98. The molecule has 6 heteroatoms. The summed E-state index contributed by atoms with van der Waals surface area (Å²) in [6, 6.07) is 10.6. The number of hydrogen-bond donors (Lipinski definition) is 1. The van der Waals surface area contributed by atoms with Crippen LogP contribution < -0.4 is 5.32 Å². The normalized spacial score (nSPS) is 11.6. The number of rotatable bonds is 6. The van der Waals surface area contributed by atoms with Crippen molar-refractivity contribution in [3.63, 3.8) is 0 Å². The number of benzene rings is 2. The van der Waals surface area contributed by atoms with Crippen molar-refractivity contribution in [1.82, 2.24) is 4.31 Å². The van der Waals surface area contributed by atoms with Gasteiger partial charge in [0.05, 0.1) is 4.90 Å². The van der Waals surface area contributed by atoms with Crippen molar-refractivity contribution in [3.05, 3.63) is 58.7 Å². The molecule has 0 atom stereocenters. The molecule has 5 nitrogen and oxygen atoms in total. The van der Waals surface area contributed by atoms with Gasteiger partial charge in [-0.3, -0.25) is 4.79 Å². The second kappa shape index (κ2) is 8.01. The first-order valence-electron chi connectivity index (χ1n) is 8.70. The molecular weight excluding hydrogens is 348 g/mol. The quantitative estimate of drug-likeness (QED) is 0.834. The summed E-state index contributed by atoms with van der Waals surface area (Å²) in [6.07, 6.45) is 0. The van der Waals surface area contributed by atoms with E-state index in [2.05, 4.69) is 5.32 Å². The molecule has 2 aromatic rings. The van der Waals surface area contributed by atoms with Gasteiger partial charge in [-0.1, -0.05) is 37.6 Å². The fraction of sp³-hybridized carbons (Fsp3) is 0.350. The van der Waals surface area contributed by atoms with Gasteiger partial charge in [-0.15, -0.1) is 0 Å². The van der Waals surface area contributed by atoms with E-state index < -0.39 is 10.0 Å². The minimum absolute atomic E-state index is 0.222. The molecule has 0 spiro atoms. The predicted molar refractivity (Wildman–Crippen MR) is 105 cm³/mol. The van der Waals surface area contributed by atoms with Crippen LogP contribution in [-0.2, 0) is 10.0 Å². The van der Waals surface area contributed by atoms with E-state index in [4.69, 9.17) is 0 Å². The highest BCUT2D eigenvalue weighted by molar-refractivity contribution is 7.89. The fourth-order valence-corrected chi connectivity index (χ4v) is 4.55. The predicted octanol–water partition coefficient (Wildman–Crippen LogP) is 3.89. The standard InChI is InChI=1S/C20H26N2O3S/c1-6-22(7-2)26(24,25)19-13-17(11-10-16(19)5)21-20(23)18-12-14(3)8-9-15(18)4/h8-13H,6-7H2,1-5H3,(H,21,23). The van der Waals surface area contributed by atoms with Crippen molar-refractivity contribution in [1.29, 1.82) is 0 Å². The van der Waals surface area contributed by atoms with E-state index in [-0.39, 0.29) is 10.8 Å². The summed E-state index contributed by atoms with van der Waals surface area (Å²) in [7, 11) is -3.59. The van der Waals surface area contributed by atoms with Crippen molar-refractivity contribution in [3.8, 4) is 0 Å². The first-order valence-corrected chi connectivity index (χ1v) is 10.1. The van der Waals surface area contributed by atoms with Gasteiger partial charge in [-0.25, -0.2) is 8.42 Å². The number of nitrogens with zero attached hydrogens (tertiary/aromatic N) is 1. The Bertz CT molecular complexity index is 917. The second-order valence-corrected chi connectivity index (χ2v) is 8.25. The minimum atomic E-state index is -3.59. The van der Waals surface area contributed by atoms with Gasteiger partial charge in [0.15, 0.2) is 0 Å². The number of aryl methyl sites for hydroxylation is 3. The van der Waals surface area contributed by atoms with E-state index in [9.17, 15) is 13.2 Å². The van der Waals surface area contributed by atoms with Crippen LogP contribution in [0.3, 0.4) is 0 Å². The maximum Gasteiger partial charge on any atom is 0.255 e. The van der Waals surface area contributed by atoms with Crippen molar-refractivity contribution >= 4 is 21.6 Å². The summed E-state index contributed by atoms with van der Waals surface area (Å²) < 4.78 is 27.1. The molecular formula is C20H26N2O3S. The van der Waals surface area contributed by atoms with Crippen LogP contribution in [0.15, 0.2) is 41.3 Å². The number of anilines is 1. The number of amides is 1. The van der Waals surface area contributed by atoms with Crippen LogP contribution in [0.25, 0.3) is 0 Å². The molecule has 0 saturated carbocycles. The third-order valence-electron chi connectivity index (χ3n) is 4.41. The Balaban J connectivity index is 2.38. The molecule has 2 aromatic carbocycles. The largest absolute Gasteiger partial charge is 0.322 e. The Kier molecular flexibility index (Phi) is 6.21. The number of sulfonamides is 1. The van der Waals surface area contributed by atoms with E-state index >= 15 is 0 Å². The van der Waals surface area contributed by atoms with Gasteiger partial charge in [0.25, 0.3) is 5.91 Å². The second-order valence-electron chi connectivity index (χ2n) is 6.34. The lowest BCUT2D eigenvalue weighted by Crippen LogP contribution is -2.31. The van der Waals surface area contributed by atoms with Gasteiger partial charge >= 0.3 is 0 Å². The third kappa shape index (κ3) is 4.14. The van der Waals surface area contributed by atoms with Crippen LogP contribution in [0.4, 0.5) is 5.69 Å². The summed E-state index contributed by atoms with van der Waals surface area (Å²) in [5.41, 5.74) is 3.57. The smallest absolute Gasteiger partial charge is 0.255 e. The zero-order valence-corrected chi connectivity index (χ0v) is 16.8. The van der Waals surface area contributed by atoms with Crippen LogP contribution in [0.5, 0.6) is 0 Å². The van der Waals surface area contributed by atoms with Crippen LogP contribution in [0.1, 0.15) is 40.9 Å². The molecule has 0 aromatic heterocycles. The molecule has 0 bridgehead atoms. The van der Waals surface area contributed by atoms with Gasteiger partial charge in [-0.05, 0) is 50.1 Å². The number of nitrogens with one attached hydrogen (secondary N) is 1. The molecule has 2 rings (SSSR count). The van der Waals surface area contributed by atoms with Gasteiger partial charge < -0.3 is 5.32 Å². The molecule has 0 saturated heterocycles. The van der Waals surface area contributed by atoms with Crippen molar-refractivity contribution in [2.75, 3.05) is 18.4 Å². The van der Waals surface area contributed by atoms with E-state index in [1.54, 1.807) is 19.1 Å². The molecule has 0 fully saturated rings. The minimum Gasteiger partial charge on any atom is -0.322 e. The van der Waals surface area contributed by atoms with Crippen LogP contribution >= 0.6 is 0 Å². The molecule has 0 aliphatic heterocycles. The molecule has 26 heavy (non-hydrogen) atoms. The lowest BCUT2D eigenvalue weighted by molar-refractivity contribution is 0.102. The SMILES string of the molecule is CCN(CC)S(=O)(=O)c1cc(NC(=O)c2cc(C)ccc2C)ccc1C. The summed E-state index contributed by atoms with van der Waals surface area (Å²) in [5.74, 6) is -0.249. The Labute approximate surface area is 156 Å². The molecule has 0 radical (unpaired) electrons. The van der Waals surface area contributed by atoms with Gasteiger partial charge in [0.1, 0.15) is 0 Å². The summed E-state index contributed by atoms with van der Waals surface area (Å²) in [5, 5.41) is 2.82. The molecule has 140 valence electrons. The van der Waals surface area contributed by atoms with E-state index in [1.807, 2.05) is 45.9 Å². The fourth-order valence-electron chi connectivity index (χ4n) is 2.84. The number of carbonyl (C=O) groups is 1.